The summed E-state index contributed by atoms with van der Waals surface area (Å²) >= 11 is 0. The Labute approximate surface area is 160 Å². The van der Waals surface area contributed by atoms with Crippen molar-refractivity contribution in [3.63, 3.8) is 0 Å². The zero-order chi connectivity index (χ0) is 20.5. The highest BCUT2D eigenvalue weighted by atomic mass is 19.1. The number of nitro benzene ring substituents is 1. The van der Waals surface area contributed by atoms with Crippen molar-refractivity contribution >= 4 is 17.4 Å². The molecule has 9 heteroatoms. The summed E-state index contributed by atoms with van der Waals surface area (Å²) in [5.41, 5.74) is 0.173. The van der Waals surface area contributed by atoms with Crippen molar-refractivity contribution in [2.24, 2.45) is 0 Å². The fourth-order valence-corrected chi connectivity index (χ4v) is 2.28. The Balaban J connectivity index is 1.72. The number of halogens is 1. The van der Waals surface area contributed by atoms with Crippen LogP contribution in [0.15, 0.2) is 42.5 Å². The highest BCUT2D eigenvalue weighted by molar-refractivity contribution is 5.95. The molecule has 0 fully saturated rings. The van der Waals surface area contributed by atoms with Gasteiger partial charge in [-0.15, -0.1) is 0 Å². The number of ether oxygens (including phenoxy) is 3. The normalized spacial score (nSPS) is 10.2. The fraction of sp³-hybridized carbons (Fsp3) is 0.263. The molecule has 0 aliphatic carbocycles. The molecule has 0 amide bonds. The molecule has 0 unspecified atom stereocenters. The minimum Gasteiger partial charge on any atom is -0.490 e. The molecule has 0 saturated carbocycles. The van der Waals surface area contributed by atoms with Crippen molar-refractivity contribution < 1.29 is 33.1 Å². The first-order valence-electron chi connectivity index (χ1n) is 8.30. The molecule has 0 aromatic heterocycles. The van der Waals surface area contributed by atoms with Gasteiger partial charge >= 0.3 is 11.7 Å². The van der Waals surface area contributed by atoms with Gasteiger partial charge in [0.25, 0.3) is 0 Å². The van der Waals surface area contributed by atoms with E-state index in [1.165, 1.54) is 49.6 Å². The molecule has 0 bridgehead atoms. The Morgan fingerprint density at radius 3 is 2.50 bits per heavy atom. The Hall–Kier alpha value is -3.49. The molecule has 0 atom stereocenters. The number of carbonyl (C=O) groups is 2. The number of ketones is 1. The molecule has 8 nitrogen and oxygen atoms in total. The van der Waals surface area contributed by atoms with E-state index in [1.54, 1.807) is 0 Å². The zero-order valence-electron chi connectivity index (χ0n) is 15.1. The summed E-state index contributed by atoms with van der Waals surface area (Å²) in [5.74, 6) is -1.02. The van der Waals surface area contributed by atoms with Crippen LogP contribution in [0.3, 0.4) is 0 Å². The van der Waals surface area contributed by atoms with E-state index in [4.69, 9.17) is 14.2 Å². The summed E-state index contributed by atoms with van der Waals surface area (Å²) in [6.07, 6.45) is 0.465. The highest BCUT2D eigenvalue weighted by Crippen LogP contribution is 2.30. The van der Waals surface area contributed by atoms with Gasteiger partial charge in [-0.05, 0) is 36.8 Å². The lowest BCUT2D eigenvalue weighted by molar-refractivity contribution is -0.385. The molecule has 0 radical (unpaired) electrons. The number of nitro groups is 1. The molecule has 0 N–H and O–H groups in total. The number of hydrogen-bond acceptors (Lipinski definition) is 7. The Bertz CT molecular complexity index is 852. The average molecular weight is 391 g/mol. The number of benzene rings is 2. The maximum absolute atomic E-state index is 12.8. The van der Waals surface area contributed by atoms with Crippen LogP contribution in [0.5, 0.6) is 11.5 Å². The van der Waals surface area contributed by atoms with Crippen LogP contribution in [0.25, 0.3) is 0 Å². The summed E-state index contributed by atoms with van der Waals surface area (Å²) < 4.78 is 27.9. The van der Waals surface area contributed by atoms with Crippen molar-refractivity contribution in [1.29, 1.82) is 0 Å². The molecule has 0 aliphatic heterocycles. The van der Waals surface area contributed by atoms with Gasteiger partial charge in [-0.3, -0.25) is 14.9 Å². The number of carbonyl (C=O) groups excluding carboxylic acids is 2. The lowest BCUT2D eigenvalue weighted by Crippen LogP contribution is -2.16. The van der Waals surface area contributed by atoms with Crippen LogP contribution in [-0.4, -0.2) is 37.0 Å². The van der Waals surface area contributed by atoms with E-state index in [0.717, 1.165) is 0 Å². The van der Waals surface area contributed by atoms with Gasteiger partial charge in [-0.2, -0.15) is 0 Å². The largest absolute Gasteiger partial charge is 0.490 e. The number of methoxy groups -OCH3 is 1. The topological polar surface area (TPSA) is 105 Å². The molecular formula is C19H18FNO7. The van der Waals surface area contributed by atoms with E-state index < -0.39 is 23.3 Å². The Morgan fingerprint density at radius 1 is 1.14 bits per heavy atom. The van der Waals surface area contributed by atoms with Gasteiger partial charge in [0.05, 0.1) is 18.6 Å². The van der Waals surface area contributed by atoms with E-state index in [2.05, 4.69) is 0 Å². The SMILES string of the molecule is COc1cc(OCC(=O)OCCCC(=O)c2ccc(F)cc2)ccc1[N+](=O)[O-]. The maximum atomic E-state index is 12.8. The second-order valence-electron chi connectivity index (χ2n) is 5.63. The van der Waals surface area contributed by atoms with Crippen LogP contribution in [0.4, 0.5) is 10.1 Å². The summed E-state index contributed by atoms with van der Waals surface area (Å²) in [6.45, 7) is -0.369. The first-order valence-corrected chi connectivity index (χ1v) is 8.30. The average Bonchev–Trinajstić information content (AvgIpc) is 2.69. The highest BCUT2D eigenvalue weighted by Gasteiger charge is 2.16. The number of nitrogens with zero attached hydrogens (tertiary/aromatic N) is 1. The van der Waals surface area contributed by atoms with Crippen LogP contribution in [0.1, 0.15) is 23.2 Å². The van der Waals surface area contributed by atoms with Gasteiger partial charge < -0.3 is 14.2 Å². The molecule has 0 aliphatic rings. The van der Waals surface area contributed by atoms with Crippen molar-refractivity contribution in [3.8, 4) is 11.5 Å². The fourth-order valence-electron chi connectivity index (χ4n) is 2.28. The predicted octanol–water partition coefficient (Wildman–Crippen LogP) is 3.33. The molecule has 2 aromatic rings. The van der Waals surface area contributed by atoms with Crippen molar-refractivity contribution in [3.05, 3.63) is 64.0 Å². The van der Waals surface area contributed by atoms with E-state index in [9.17, 15) is 24.1 Å². The van der Waals surface area contributed by atoms with Gasteiger partial charge in [0.1, 0.15) is 11.6 Å². The summed E-state index contributed by atoms with van der Waals surface area (Å²) in [6, 6.07) is 9.06. The third-order valence-electron chi connectivity index (χ3n) is 3.68. The Morgan fingerprint density at radius 2 is 1.86 bits per heavy atom. The molecule has 0 heterocycles. The van der Waals surface area contributed by atoms with Gasteiger partial charge in [0, 0.05) is 24.1 Å². The lowest BCUT2D eigenvalue weighted by Gasteiger charge is -2.08. The molecule has 2 rings (SSSR count). The van der Waals surface area contributed by atoms with Crippen LogP contribution in [0.2, 0.25) is 0 Å². The molecule has 0 spiro atoms. The van der Waals surface area contributed by atoms with Crippen LogP contribution in [-0.2, 0) is 9.53 Å². The third kappa shape index (κ3) is 6.04. The molecule has 148 valence electrons. The number of Topliss-reactive ketones (excluding diaryl/α,β-unsaturated/α-hetero) is 1. The van der Waals surface area contributed by atoms with Gasteiger partial charge in [-0.1, -0.05) is 0 Å². The first-order chi connectivity index (χ1) is 13.4. The summed E-state index contributed by atoms with van der Waals surface area (Å²) in [4.78, 5) is 33.8. The Kier molecular flexibility index (Phi) is 7.44. The van der Waals surface area contributed by atoms with E-state index in [0.29, 0.717) is 12.0 Å². The third-order valence-corrected chi connectivity index (χ3v) is 3.68. The standard InChI is InChI=1S/C19H18FNO7/c1-26-18-11-15(8-9-16(18)21(24)25)28-12-19(23)27-10-2-3-17(22)13-4-6-14(20)7-5-13/h4-9,11H,2-3,10,12H2,1H3. The first kappa shape index (κ1) is 20.8. The lowest BCUT2D eigenvalue weighted by atomic mass is 10.1. The van der Waals surface area contributed by atoms with Gasteiger partial charge in [0.15, 0.2) is 12.4 Å². The molecule has 28 heavy (non-hydrogen) atoms. The van der Waals surface area contributed by atoms with E-state index in [1.807, 2.05) is 0 Å². The van der Waals surface area contributed by atoms with E-state index in [-0.39, 0.29) is 36.0 Å². The van der Waals surface area contributed by atoms with E-state index >= 15 is 0 Å². The van der Waals surface area contributed by atoms with Gasteiger partial charge in [0.2, 0.25) is 5.75 Å². The molecular weight excluding hydrogens is 373 g/mol. The minimum absolute atomic E-state index is 0.00942. The monoisotopic (exact) mass is 391 g/mol. The number of hydrogen-bond donors (Lipinski definition) is 0. The quantitative estimate of drug-likeness (QED) is 0.201. The van der Waals surface area contributed by atoms with Crippen LogP contribution < -0.4 is 9.47 Å². The summed E-state index contributed by atoms with van der Waals surface area (Å²) in [7, 11) is 1.29. The smallest absolute Gasteiger partial charge is 0.344 e. The minimum atomic E-state index is -0.647. The summed E-state index contributed by atoms with van der Waals surface area (Å²) in [5, 5.41) is 10.8. The second-order valence-corrected chi connectivity index (χ2v) is 5.63. The molecule has 2 aromatic carbocycles. The predicted molar refractivity (Wildman–Crippen MR) is 96.1 cm³/mol. The number of esters is 1. The van der Waals surface area contributed by atoms with Crippen LogP contribution >= 0.6 is 0 Å². The number of rotatable bonds is 10. The van der Waals surface area contributed by atoms with Crippen molar-refractivity contribution in [1.82, 2.24) is 0 Å². The zero-order valence-corrected chi connectivity index (χ0v) is 15.1. The van der Waals surface area contributed by atoms with Crippen molar-refractivity contribution in [2.75, 3.05) is 20.3 Å². The van der Waals surface area contributed by atoms with Crippen LogP contribution in [0, 0.1) is 15.9 Å². The maximum Gasteiger partial charge on any atom is 0.344 e. The van der Waals surface area contributed by atoms with Crippen molar-refractivity contribution in [2.45, 2.75) is 12.8 Å². The molecule has 0 saturated heterocycles. The van der Waals surface area contributed by atoms with Gasteiger partial charge in [-0.25, -0.2) is 9.18 Å². The second kappa shape index (κ2) is 10.0.